The third-order valence-electron chi connectivity index (χ3n) is 6.36. The van der Waals surface area contributed by atoms with Gasteiger partial charge in [-0.25, -0.2) is 0 Å². The first kappa shape index (κ1) is 12.6. The van der Waals surface area contributed by atoms with Crippen molar-refractivity contribution in [2.45, 2.75) is 64.5 Å². The van der Waals surface area contributed by atoms with Gasteiger partial charge in [0.2, 0.25) is 0 Å². The van der Waals surface area contributed by atoms with E-state index in [1.807, 2.05) is 0 Å². The van der Waals surface area contributed by atoms with Gasteiger partial charge in [0.1, 0.15) is 0 Å². The number of hydrogen-bond acceptors (Lipinski definition) is 2. The van der Waals surface area contributed by atoms with E-state index in [4.69, 9.17) is 0 Å². The molecule has 2 atom stereocenters. The first-order chi connectivity index (χ1) is 9.10. The lowest BCUT2D eigenvalue weighted by Crippen LogP contribution is -2.58. The molecule has 0 aromatic carbocycles. The second-order valence-corrected chi connectivity index (χ2v) is 8.58. The molecule has 2 unspecified atom stereocenters. The van der Waals surface area contributed by atoms with E-state index < -0.39 is 0 Å². The van der Waals surface area contributed by atoms with Crippen molar-refractivity contribution in [3.05, 3.63) is 0 Å². The van der Waals surface area contributed by atoms with Crippen LogP contribution in [0.5, 0.6) is 0 Å². The zero-order chi connectivity index (χ0) is 13.0. The molecular formula is C17H30N2. The molecular weight excluding hydrogens is 232 g/mol. The number of nitrogens with zero attached hydrogens (tertiary/aromatic N) is 1. The maximum absolute atomic E-state index is 3.68. The molecule has 5 rings (SSSR count). The van der Waals surface area contributed by atoms with Gasteiger partial charge in [-0.15, -0.1) is 0 Å². The largest absolute Gasteiger partial charge is 0.309 e. The molecule has 108 valence electrons. The Balaban J connectivity index is 1.47. The fraction of sp³-hybridized carbons (Fsp3) is 1.00. The molecule has 0 amide bonds. The Hall–Kier alpha value is -0.0800. The molecule has 4 saturated carbocycles. The Morgan fingerprint density at radius 1 is 0.895 bits per heavy atom. The summed E-state index contributed by atoms with van der Waals surface area (Å²) in [4.78, 5) is 2.79. The molecule has 2 heteroatoms. The summed E-state index contributed by atoms with van der Waals surface area (Å²) in [7, 11) is 0. The fourth-order valence-corrected chi connectivity index (χ4v) is 6.53. The van der Waals surface area contributed by atoms with Crippen molar-refractivity contribution in [2.24, 2.45) is 23.2 Å². The standard InChI is InChI=1S/C17H30N2/c1-12-9-19(10-13(2)18-12)11-17-6-14-3-15(7-17)5-16(4-14)8-17/h12-16,18H,3-11H2,1-2H3. The van der Waals surface area contributed by atoms with Crippen molar-refractivity contribution in [3.63, 3.8) is 0 Å². The highest BCUT2D eigenvalue weighted by Crippen LogP contribution is 2.60. The Bertz CT molecular complexity index is 306. The number of piperazine rings is 1. The van der Waals surface area contributed by atoms with E-state index in [2.05, 4.69) is 24.1 Å². The first-order valence-electron chi connectivity index (χ1n) is 8.59. The smallest absolute Gasteiger partial charge is 0.0169 e. The van der Waals surface area contributed by atoms with E-state index in [0.29, 0.717) is 12.1 Å². The molecule has 19 heavy (non-hydrogen) atoms. The van der Waals surface area contributed by atoms with Crippen LogP contribution in [0.1, 0.15) is 52.4 Å². The Kier molecular flexibility index (Phi) is 2.97. The third kappa shape index (κ3) is 2.35. The molecule has 0 spiro atoms. The van der Waals surface area contributed by atoms with Crippen LogP contribution in [-0.2, 0) is 0 Å². The fourth-order valence-electron chi connectivity index (χ4n) is 6.53. The van der Waals surface area contributed by atoms with E-state index in [0.717, 1.165) is 23.2 Å². The van der Waals surface area contributed by atoms with Gasteiger partial charge in [0, 0.05) is 31.7 Å². The molecule has 2 nitrogen and oxygen atoms in total. The molecule has 4 bridgehead atoms. The quantitative estimate of drug-likeness (QED) is 0.823. The highest BCUT2D eigenvalue weighted by molar-refractivity contribution is 5.03. The van der Waals surface area contributed by atoms with Gasteiger partial charge < -0.3 is 5.32 Å². The zero-order valence-electron chi connectivity index (χ0n) is 12.7. The van der Waals surface area contributed by atoms with Gasteiger partial charge in [0.25, 0.3) is 0 Å². The molecule has 0 radical (unpaired) electrons. The van der Waals surface area contributed by atoms with Crippen molar-refractivity contribution in [2.75, 3.05) is 19.6 Å². The molecule has 4 aliphatic carbocycles. The second kappa shape index (κ2) is 4.46. The summed E-state index contributed by atoms with van der Waals surface area (Å²) in [5.74, 6) is 3.30. The second-order valence-electron chi connectivity index (χ2n) is 8.58. The van der Waals surface area contributed by atoms with Crippen molar-refractivity contribution in [3.8, 4) is 0 Å². The summed E-state index contributed by atoms with van der Waals surface area (Å²) in [5, 5.41) is 3.68. The summed E-state index contributed by atoms with van der Waals surface area (Å²) in [6, 6.07) is 1.36. The van der Waals surface area contributed by atoms with Gasteiger partial charge in [-0.3, -0.25) is 4.90 Å². The van der Waals surface area contributed by atoms with Crippen LogP contribution < -0.4 is 5.32 Å². The van der Waals surface area contributed by atoms with Gasteiger partial charge in [0.15, 0.2) is 0 Å². The van der Waals surface area contributed by atoms with Crippen LogP contribution in [0.4, 0.5) is 0 Å². The minimum atomic E-state index is 0.678. The van der Waals surface area contributed by atoms with E-state index in [1.165, 1.54) is 19.6 Å². The average molecular weight is 262 g/mol. The van der Waals surface area contributed by atoms with Crippen LogP contribution >= 0.6 is 0 Å². The SMILES string of the molecule is CC1CN(CC23CC4CC(CC(C4)C2)C3)CC(C)N1. The highest BCUT2D eigenvalue weighted by Gasteiger charge is 2.51. The minimum Gasteiger partial charge on any atom is -0.309 e. The molecule has 1 saturated heterocycles. The summed E-state index contributed by atoms with van der Waals surface area (Å²) in [5.41, 5.74) is 0.728. The van der Waals surface area contributed by atoms with Crippen LogP contribution in [0.2, 0.25) is 0 Å². The predicted octanol–water partition coefficient (Wildman–Crippen LogP) is 2.89. The lowest BCUT2D eigenvalue weighted by molar-refractivity contribution is -0.0730. The van der Waals surface area contributed by atoms with Crippen molar-refractivity contribution in [1.82, 2.24) is 10.2 Å². The van der Waals surface area contributed by atoms with E-state index in [1.54, 1.807) is 38.5 Å². The van der Waals surface area contributed by atoms with Gasteiger partial charge in [0.05, 0.1) is 0 Å². The van der Waals surface area contributed by atoms with E-state index >= 15 is 0 Å². The Labute approximate surface area is 118 Å². The van der Waals surface area contributed by atoms with Gasteiger partial charge >= 0.3 is 0 Å². The highest BCUT2D eigenvalue weighted by atomic mass is 15.2. The Morgan fingerprint density at radius 3 is 1.84 bits per heavy atom. The number of rotatable bonds is 2. The minimum absolute atomic E-state index is 0.678. The van der Waals surface area contributed by atoms with Crippen LogP contribution in [0.3, 0.4) is 0 Å². The lowest BCUT2D eigenvalue weighted by Gasteiger charge is -2.58. The maximum Gasteiger partial charge on any atom is 0.0169 e. The third-order valence-corrected chi connectivity index (χ3v) is 6.36. The van der Waals surface area contributed by atoms with Crippen LogP contribution in [0.25, 0.3) is 0 Å². The molecule has 1 N–H and O–H groups in total. The lowest BCUT2D eigenvalue weighted by atomic mass is 9.49. The summed E-state index contributed by atoms with van der Waals surface area (Å²) < 4.78 is 0. The van der Waals surface area contributed by atoms with Gasteiger partial charge in [-0.2, -0.15) is 0 Å². The van der Waals surface area contributed by atoms with Crippen molar-refractivity contribution >= 4 is 0 Å². The van der Waals surface area contributed by atoms with Crippen LogP contribution in [-0.4, -0.2) is 36.6 Å². The molecule has 0 aromatic rings. The number of hydrogen-bond donors (Lipinski definition) is 1. The molecule has 1 aliphatic heterocycles. The molecule has 5 fully saturated rings. The normalized spacial score (nSPS) is 53.7. The topological polar surface area (TPSA) is 15.3 Å². The first-order valence-corrected chi connectivity index (χ1v) is 8.59. The van der Waals surface area contributed by atoms with Crippen LogP contribution in [0, 0.1) is 23.2 Å². The summed E-state index contributed by atoms with van der Waals surface area (Å²) >= 11 is 0. The van der Waals surface area contributed by atoms with Gasteiger partial charge in [-0.1, -0.05) is 0 Å². The summed E-state index contributed by atoms with van der Waals surface area (Å²) in [6.07, 6.45) is 9.41. The maximum atomic E-state index is 3.68. The Morgan fingerprint density at radius 2 is 1.37 bits per heavy atom. The number of nitrogens with one attached hydrogen (secondary N) is 1. The molecule has 1 heterocycles. The monoisotopic (exact) mass is 262 g/mol. The molecule has 0 aromatic heterocycles. The summed E-state index contributed by atoms with van der Waals surface area (Å²) in [6.45, 7) is 8.65. The zero-order valence-corrected chi connectivity index (χ0v) is 12.7. The average Bonchev–Trinajstić information content (AvgIpc) is 2.23. The van der Waals surface area contributed by atoms with Gasteiger partial charge in [-0.05, 0) is 75.5 Å². The molecule has 5 aliphatic rings. The van der Waals surface area contributed by atoms with E-state index in [-0.39, 0.29) is 0 Å². The van der Waals surface area contributed by atoms with Crippen LogP contribution in [0.15, 0.2) is 0 Å². The van der Waals surface area contributed by atoms with Crippen molar-refractivity contribution in [1.29, 1.82) is 0 Å². The predicted molar refractivity (Wildman–Crippen MR) is 79.1 cm³/mol. The van der Waals surface area contributed by atoms with E-state index in [9.17, 15) is 0 Å². The van der Waals surface area contributed by atoms with Crippen molar-refractivity contribution < 1.29 is 0 Å².